The lowest BCUT2D eigenvalue weighted by molar-refractivity contribution is -0.384. The summed E-state index contributed by atoms with van der Waals surface area (Å²) in [6, 6.07) is 13.1. The second-order valence-corrected chi connectivity index (χ2v) is 10.5. The van der Waals surface area contributed by atoms with E-state index in [1.807, 2.05) is 31.7 Å². The first kappa shape index (κ1) is 26.2. The van der Waals surface area contributed by atoms with Crippen molar-refractivity contribution in [3.8, 4) is 11.3 Å². The van der Waals surface area contributed by atoms with E-state index in [1.54, 1.807) is 31.2 Å². The maximum Gasteiger partial charge on any atom is 0.291 e. The lowest BCUT2D eigenvalue weighted by Crippen LogP contribution is -2.51. The van der Waals surface area contributed by atoms with Crippen molar-refractivity contribution in [3.05, 3.63) is 75.0 Å². The molecule has 1 aromatic heterocycles. The van der Waals surface area contributed by atoms with E-state index in [-0.39, 0.29) is 23.1 Å². The quantitative estimate of drug-likeness (QED) is 0.335. The number of hydrogen-bond donors (Lipinski definition) is 1. The first-order valence-electron chi connectivity index (χ1n) is 11.9. The normalized spacial score (nSPS) is 14.0. The number of nitro benzene ring substituents is 1. The largest absolute Gasteiger partial charge is 0.451 e. The van der Waals surface area contributed by atoms with Crippen LogP contribution in [0.2, 0.25) is 5.02 Å². The van der Waals surface area contributed by atoms with Crippen LogP contribution in [0.15, 0.2) is 52.9 Å². The molecule has 0 unspecified atom stereocenters. The van der Waals surface area contributed by atoms with Gasteiger partial charge in [-0.05, 0) is 48.9 Å². The number of aryl methyl sites for hydroxylation is 1. The molecule has 4 rings (SSSR count). The Labute approximate surface area is 220 Å². The smallest absolute Gasteiger partial charge is 0.291 e. The van der Waals surface area contributed by atoms with Gasteiger partial charge in [-0.25, -0.2) is 0 Å². The first-order chi connectivity index (χ1) is 17.4. The fraction of sp³-hybridized carbons (Fsp3) is 0.333. The van der Waals surface area contributed by atoms with Crippen molar-refractivity contribution in [1.82, 2.24) is 4.90 Å². The van der Waals surface area contributed by atoms with Crippen LogP contribution in [0.5, 0.6) is 0 Å². The number of piperazine rings is 1. The average molecular weight is 525 g/mol. The number of benzene rings is 2. The van der Waals surface area contributed by atoms with E-state index >= 15 is 0 Å². The fourth-order valence-electron chi connectivity index (χ4n) is 4.26. The molecule has 2 heterocycles. The Morgan fingerprint density at radius 2 is 1.73 bits per heavy atom. The number of carbonyl (C=O) groups is 2. The Kier molecular flexibility index (Phi) is 7.27. The molecule has 0 bridgehead atoms. The van der Waals surface area contributed by atoms with Crippen LogP contribution in [0, 0.1) is 22.5 Å². The maximum absolute atomic E-state index is 12.8. The maximum atomic E-state index is 12.8. The lowest BCUT2D eigenvalue weighted by Gasteiger charge is -2.39. The summed E-state index contributed by atoms with van der Waals surface area (Å²) < 4.78 is 5.65. The van der Waals surface area contributed by atoms with Gasteiger partial charge in [-0.1, -0.05) is 38.4 Å². The third-order valence-electron chi connectivity index (χ3n) is 6.20. The zero-order chi connectivity index (χ0) is 26.9. The molecule has 1 saturated heterocycles. The molecule has 37 heavy (non-hydrogen) atoms. The number of anilines is 2. The number of carbonyl (C=O) groups excluding carboxylic acids is 2. The number of halogens is 1. The molecule has 0 saturated carbocycles. The van der Waals surface area contributed by atoms with Crippen LogP contribution in [0.1, 0.15) is 36.9 Å². The van der Waals surface area contributed by atoms with E-state index in [0.717, 1.165) is 11.3 Å². The Balaban J connectivity index is 1.43. The third kappa shape index (κ3) is 5.77. The number of furan rings is 1. The van der Waals surface area contributed by atoms with Gasteiger partial charge in [0, 0.05) is 43.3 Å². The van der Waals surface area contributed by atoms with Gasteiger partial charge in [-0.3, -0.25) is 19.7 Å². The number of nitrogens with one attached hydrogen (secondary N) is 1. The number of nitro groups is 1. The van der Waals surface area contributed by atoms with Gasteiger partial charge in [0.25, 0.3) is 11.6 Å². The van der Waals surface area contributed by atoms with E-state index < -0.39 is 16.2 Å². The minimum atomic E-state index is -0.501. The molecule has 9 nitrogen and oxygen atoms in total. The van der Waals surface area contributed by atoms with Gasteiger partial charge >= 0.3 is 0 Å². The summed E-state index contributed by atoms with van der Waals surface area (Å²) in [6.07, 6.45) is 0. The Bertz CT molecular complexity index is 1350. The minimum absolute atomic E-state index is 0.0182. The van der Waals surface area contributed by atoms with Crippen molar-refractivity contribution < 1.29 is 18.9 Å². The zero-order valence-corrected chi connectivity index (χ0v) is 22.0. The molecule has 1 fully saturated rings. The van der Waals surface area contributed by atoms with Crippen LogP contribution in [0.3, 0.4) is 0 Å². The van der Waals surface area contributed by atoms with Gasteiger partial charge in [0.15, 0.2) is 5.76 Å². The molecule has 0 atom stereocenters. The summed E-state index contributed by atoms with van der Waals surface area (Å²) in [5.74, 6) is -0.118. The van der Waals surface area contributed by atoms with Crippen molar-refractivity contribution in [1.29, 1.82) is 0 Å². The van der Waals surface area contributed by atoms with Crippen LogP contribution in [0.4, 0.5) is 17.1 Å². The molecular formula is C27H29ClN4O5. The molecule has 1 aliphatic heterocycles. The summed E-state index contributed by atoms with van der Waals surface area (Å²) in [4.78, 5) is 40.3. The number of amides is 2. The molecule has 2 aromatic carbocycles. The molecule has 1 N–H and O–H groups in total. The SMILES string of the molecule is Cc1ccc(-c2ccc(C(=O)Nc3ccc(N4CCN(C(=O)C(C)(C)C)CC4)c(Cl)c3)o2)c([N+](=O)[O-])c1. The van der Waals surface area contributed by atoms with Crippen molar-refractivity contribution in [3.63, 3.8) is 0 Å². The zero-order valence-electron chi connectivity index (χ0n) is 21.2. The summed E-state index contributed by atoms with van der Waals surface area (Å²) in [5, 5.41) is 14.7. The Morgan fingerprint density at radius 1 is 1.03 bits per heavy atom. The van der Waals surface area contributed by atoms with Crippen molar-refractivity contribution in [2.75, 3.05) is 36.4 Å². The van der Waals surface area contributed by atoms with Gasteiger partial charge in [-0.2, -0.15) is 0 Å². The number of hydrogen-bond acceptors (Lipinski definition) is 6. The van der Waals surface area contributed by atoms with E-state index in [0.29, 0.717) is 42.5 Å². The lowest BCUT2D eigenvalue weighted by atomic mass is 9.94. The second kappa shape index (κ2) is 10.3. The minimum Gasteiger partial charge on any atom is -0.451 e. The molecule has 0 aliphatic carbocycles. The monoisotopic (exact) mass is 524 g/mol. The summed E-state index contributed by atoms with van der Waals surface area (Å²) in [5.41, 5.74) is 1.86. The first-order valence-corrected chi connectivity index (χ1v) is 12.3. The predicted molar refractivity (Wildman–Crippen MR) is 143 cm³/mol. The molecule has 0 radical (unpaired) electrons. The Hall–Kier alpha value is -3.85. The van der Waals surface area contributed by atoms with Gasteiger partial charge < -0.3 is 19.5 Å². The van der Waals surface area contributed by atoms with Crippen LogP contribution < -0.4 is 10.2 Å². The third-order valence-corrected chi connectivity index (χ3v) is 6.50. The highest BCUT2D eigenvalue weighted by molar-refractivity contribution is 6.33. The van der Waals surface area contributed by atoms with Crippen molar-refractivity contribution in [2.45, 2.75) is 27.7 Å². The van der Waals surface area contributed by atoms with E-state index in [1.165, 1.54) is 18.2 Å². The summed E-state index contributed by atoms with van der Waals surface area (Å²) >= 11 is 6.55. The summed E-state index contributed by atoms with van der Waals surface area (Å²) in [7, 11) is 0. The molecule has 0 spiro atoms. The van der Waals surface area contributed by atoms with Crippen LogP contribution in [-0.4, -0.2) is 47.8 Å². The average Bonchev–Trinajstić information content (AvgIpc) is 3.33. The number of nitrogens with zero attached hydrogens (tertiary/aromatic N) is 3. The molecular weight excluding hydrogens is 496 g/mol. The number of rotatable bonds is 5. The van der Waals surface area contributed by atoms with Crippen molar-refractivity contribution >= 4 is 40.5 Å². The van der Waals surface area contributed by atoms with Gasteiger partial charge in [-0.15, -0.1) is 0 Å². The summed E-state index contributed by atoms with van der Waals surface area (Å²) in [6.45, 7) is 10.1. The van der Waals surface area contributed by atoms with E-state index in [4.69, 9.17) is 16.0 Å². The fourth-order valence-corrected chi connectivity index (χ4v) is 4.56. The highest BCUT2D eigenvalue weighted by Crippen LogP contribution is 2.33. The van der Waals surface area contributed by atoms with Crippen molar-refractivity contribution in [2.24, 2.45) is 5.41 Å². The molecule has 3 aromatic rings. The Morgan fingerprint density at radius 3 is 2.35 bits per heavy atom. The van der Waals surface area contributed by atoms with Gasteiger partial charge in [0.05, 0.1) is 21.2 Å². The van der Waals surface area contributed by atoms with Gasteiger partial charge in [0.1, 0.15) is 5.76 Å². The standard InChI is InChI=1S/C27H29ClN4O5/c1-17-5-7-19(22(15-17)32(35)36)23-9-10-24(37-23)25(33)29-18-6-8-21(20(28)16-18)30-11-13-31(14-12-30)26(34)27(2,3)4/h5-10,15-16H,11-14H2,1-4H3,(H,29,33). The highest BCUT2D eigenvalue weighted by Gasteiger charge is 2.30. The van der Waals surface area contributed by atoms with Crippen LogP contribution in [-0.2, 0) is 4.79 Å². The van der Waals surface area contributed by atoms with Gasteiger partial charge in [0.2, 0.25) is 5.91 Å². The van der Waals surface area contributed by atoms with Crippen LogP contribution >= 0.6 is 11.6 Å². The van der Waals surface area contributed by atoms with Crippen LogP contribution in [0.25, 0.3) is 11.3 Å². The molecule has 1 aliphatic rings. The molecule has 10 heteroatoms. The topological polar surface area (TPSA) is 109 Å². The van der Waals surface area contributed by atoms with E-state index in [2.05, 4.69) is 10.2 Å². The molecule has 2 amide bonds. The molecule has 194 valence electrons. The van der Waals surface area contributed by atoms with E-state index in [9.17, 15) is 19.7 Å². The second-order valence-electron chi connectivity index (χ2n) is 10.1. The predicted octanol–water partition coefficient (Wildman–Crippen LogP) is 5.76. The highest BCUT2D eigenvalue weighted by atomic mass is 35.5.